The number of hydrogen-bond acceptors (Lipinski definition) is 2. The molecule has 1 N–H and O–H groups in total. The summed E-state index contributed by atoms with van der Waals surface area (Å²) >= 11 is 0. The molecule has 0 unspecified atom stereocenters. The summed E-state index contributed by atoms with van der Waals surface area (Å²) in [5.41, 5.74) is 6.83. The van der Waals surface area contributed by atoms with Gasteiger partial charge in [0.1, 0.15) is 0 Å². The van der Waals surface area contributed by atoms with Crippen LogP contribution in [0.15, 0.2) is 91.0 Å². The number of pyridine rings is 1. The Bertz CT molecular complexity index is 1110. The molecule has 1 atom stereocenters. The van der Waals surface area contributed by atoms with Crippen LogP contribution < -0.4 is 5.32 Å². The molecule has 0 saturated carbocycles. The number of para-hydroxylation sites is 2. The zero-order valence-corrected chi connectivity index (χ0v) is 14.3. The zero-order valence-electron chi connectivity index (χ0n) is 14.3. The van der Waals surface area contributed by atoms with E-state index in [0.29, 0.717) is 0 Å². The molecule has 0 radical (unpaired) electrons. The largest absolute Gasteiger partial charge is 0.374 e. The van der Waals surface area contributed by atoms with Gasteiger partial charge in [0, 0.05) is 16.6 Å². The van der Waals surface area contributed by atoms with E-state index in [1.54, 1.807) is 0 Å². The molecule has 124 valence electrons. The van der Waals surface area contributed by atoms with E-state index in [0.717, 1.165) is 22.3 Å². The van der Waals surface area contributed by atoms with Crippen LogP contribution in [0.25, 0.3) is 22.6 Å². The monoisotopic (exact) mass is 334 g/mol. The van der Waals surface area contributed by atoms with Crippen molar-refractivity contribution in [2.24, 2.45) is 0 Å². The predicted molar refractivity (Wildman–Crippen MR) is 109 cm³/mol. The van der Waals surface area contributed by atoms with Crippen molar-refractivity contribution in [2.45, 2.75) is 6.04 Å². The van der Waals surface area contributed by atoms with Crippen molar-refractivity contribution in [3.63, 3.8) is 0 Å². The van der Waals surface area contributed by atoms with Gasteiger partial charge >= 0.3 is 0 Å². The maximum Gasteiger partial charge on any atom is 0.0788 e. The fourth-order valence-electron chi connectivity index (χ4n) is 3.60. The Morgan fingerprint density at radius 1 is 0.692 bits per heavy atom. The molecule has 5 rings (SSSR count). The SMILES string of the molecule is C1=C(c2ccc3ccccc3n2)[C@H](c2ccccc2)Nc2ccccc21. The smallest absolute Gasteiger partial charge is 0.0788 e. The zero-order chi connectivity index (χ0) is 17.3. The highest BCUT2D eigenvalue weighted by Crippen LogP contribution is 2.40. The van der Waals surface area contributed by atoms with Crippen LogP contribution in [0.1, 0.15) is 22.9 Å². The van der Waals surface area contributed by atoms with E-state index in [9.17, 15) is 0 Å². The molecule has 2 nitrogen and oxygen atoms in total. The molecule has 0 saturated heterocycles. The third kappa shape index (κ3) is 2.56. The second kappa shape index (κ2) is 6.16. The summed E-state index contributed by atoms with van der Waals surface area (Å²) < 4.78 is 0. The van der Waals surface area contributed by atoms with E-state index in [-0.39, 0.29) is 6.04 Å². The summed E-state index contributed by atoms with van der Waals surface area (Å²) in [6.45, 7) is 0. The molecule has 0 bridgehead atoms. The molecule has 0 aliphatic carbocycles. The average Bonchev–Trinajstić information content (AvgIpc) is 2.73. The number of nitrogens with zero attached hydrogens (tertiary/aromatic N) is 1. The summed E-state index contributed by atoms with van der Waals surface area (Å²) in [4.78, 5) is 4.94. The summed E-state index contributed by atoms with van der Waals surface area (Å²) in [5, 5.41) is 4.87. The quantitative estimate of drug-likeness (QED) is 0.490. The van der Waals surface area contributed by atoms with Crippen LogP contribution >= 0.6 is 0 Å². The van der Waals surface area contributed by atoms with E-state index in [1.165, 1.54) is 16.7 Å². The fourth-order valence-corrected chi connectivity index (χ4v) is 3.60. The van der Waals surface area contributed by atoms with Gasteiger partial charge in [-0.05, 0) is 35.4 Å². The van der Waals surface area contributed by atoms with Gasteiger partial charge in [-0.2, -0.15) is 0 Å². The van der Waals surface area contributed by atoms with Gasteiger partial charge < -0.3 is 5.32 Å². The van der Waals surface area contributed by atoms with Gasteiger partial charge in [-0.25, -0.2) is 4.98 Å². The van der Waals surface area contributed by atoms with Gasteiger partial charge in [-0.15, -0.1) is 0 Å². The first-order chi connectivity index (χ1) is 12.9. The molecular weight excluding hydrogens is 316 g/mol. The van der Waals surface area contributed by atoms with Gasteiger partial charge in [0.2, 0.25) is 0 Å². The van der Waals surface area contributed by atoms with Gasteiger partial charge in [-0.1, -0.05) is 72.8 Å². The van der Waals surface area contributed by atoms with Gasteiger partial charge in [0.25, 0.3) is 0 Å². The second-order valence-electron chi connectivity index (χ2n) is 6.56. The van der Waals surface area contributed by atoms with E-state index in [4.69, 9.17) is 4.98 Å². The Morgan fingerprint density at radius 2 is 1.46 bits per heavy atom. The molecule has 0 amide bonds. The lowest BCUT2D eigenvalue weighted by Gasteiger charge is -2.28. The van der Waals surface area contributed by atoms with Gasteiger partial charge in [0.15, 0.2) is 0 Å². The third-order valence-electron chi connectivity index (χ3n) is 4.91. The van der Waals surface area contributed by atoms with E-state index < -0.39 is 0 Å². The van der Waals surface area contributed by atoms with E-state index in [1.807, 2.05) is 12.1 Å². The van der Waals surface area contributed by atoms with Crippen molar-refractivity contribution in [1.82, 2.24) is 4.98 Å². The number of benzene rings is 3. The highest BCUT2D eigenvalue weighted by molar-refractivity contribution is 5.93. The maximum atomic E-state index is 4.94. The minimum atomic E-state index is 0.0831. The minimum Gasteiger partial charge on any atom is -0.374 e. The Balaban J connectivity index is 1.70. The molecule has 2 heteroatoms. The molecule has 1 aliphatic rings. The molecule has 0 spiro atoms. The summed E-state index contributed by atoms with van der Waals surface area (Å²) in [6.07, 6.45) is 2.26. The molecule has 1 aromatic heterocycles. The van der Waals surface area contributed by atoms with Crippen molar-refractivity contribution in [3.8, 4) is 0 Å². The molecule has 4 aromatic rings. The van der Waals surface area contributed by atoms with Gasteiger partial charge in [-0.3, -0.25) is 0 Å². The van der Waals surface area contributed by atoms with Crippen molar-refractivity contribution in [1.29, 1.82) is 0 Å². The lowest BCUT2D eigenvalue weighted by molar-refractivity contribution is 0.989. The van der Waals surface area contributed by atoms with Crippen LogP contribution in [-0.2, 0) is 0 Å². The van der Waals surface area contributed by atoms with E-state index >= 15 is 0 Å². The van der Waals surface area contributed by atoms with Crippen LogP contribution in [0.2, 0.25) is 0 Å². The Hall–Kier alpha value is -3.39. The Labute approximate surface area is 152 Å². The second-order valence-corrected chi connectivity index (χ2v) is 6.56. The predicted octanol–water partition coefficient (Wildman–Crippen LogP) is 5.94. The third-order valence-corrected chi connectivity index (χ3v) is 4.91. The molecule has 3 aromatic carbocycles. The summed E-state index contributed by atoms with van der Waals surface area (Å²) in [7, 11) is 0. The number of fused-ring (bicyclic) bond motifs is 2. The number of aromatic nitrogens is 1. The van der Waals surface area contributed by atoms with Crippen molar-refractivity contribution in [3.05, 3.63) is 108 Å². The van der Waals surface area contributed by atoms with Crippen molar-refractivity contribution in [2.75, 3.05) is 5.32 Å². The van der Waals surface area contributed by atoms with Crippen molar-refractivity contribution >= 4 is 28.2 Å². The van der Waals surface area contributed by atoms with Gasteiger partial charge in [0.05, 0.1) is 17.3 Å². The summed E-state index contributed by atoms with van der Waals surface area (Å²) in [6, 6.07) is 31.6. The maximum absolute atomic E-state index is 4.94. The average molecular weight is 334 g/mol. The number of rotatable bonds is 2. The Morgan fingerprint density at radius 3 is 2.38 bits per heavy atom. The highest BCUT2D eigenvalue weighted by Gasteiger charge is 2.24. The van der Waals surface area contributed by atoms with Crippen LogP contribution in [0, 0.1) is 0 Å². The summed E-state index contributed by atoms with van der Waals surface area (Å²) in [5.74, 6) is 0. The topological polar surface area (TPSA) is 24.9 Å². The lowest BCUT2D eigenvalue weighted by atomic mass is 9.90. The van der Waals surface area contributed by atoms with Crippen LogP contribution in [0.3, 0.4) is 0 Å². The highest BCUT2D eigenvalue weighted by atomic mass is 14.9. The van der Waals surface area contributed by atoms with Crippen molar-refractivity contribution < 1.29 is 0 Å². The van der Waals surface area contributed by atoms with Crippen LogP contribution in [0.5, 0.6) is 0 Å². The first kappa shape index (κ1) is 14.9. The number of hydrogen-bond donors (Lipinski definition) is 1. The van der Waals surface area contributed by atoms with Crippen LogP contribution in [-0.4, -0.2) is 4.98 Å². The minimum absolute atomic E-state index is 0.0831. The molecule has 26 heavy (non-hydrogen) atoms. The lowest BCUT2D eigenvalue weighted by Crippen LogP contribution is -2.17. The van der Waals surface area contributed by atoms with E-state index in [2.05, 4.69) is 90.3 Å². The number of nitrogens with one attached hydrogen (secondary N) is 1. The Kier molecular flexibility index (Phi) is 3.53. The molecular formula is C24H18N2. The van der Waals surface area contributed by atoms with Crippen LogP contribution in [0.4, 0.5) is 5.69 Å². The number of anilines is 1. The molecule has 1 aliphatic heterocycles. The standard InChI is InChI=1S/C24H18N2/c1-2-9-18(10-3-1)24-20(16-19-11-5-7-13-22(19)26-24)23-15-14-17-8-4-6-12-21(17)25-23/h1-16,24,26H/t24-/m0/s1. The first-order valence-electron chi connectivity index (χ1n) is 8.87. The molecule has 2 heterocycles. The normalized spacial score (nSPS) is 15.8. The fraction of sp³-hybridized carbons (Fsp3) is 0.0417. The molecule has 0 fully saturated rings. The first-order valence-corrected chi connectivity index (χ1v) is 8.87.